The Morgan fingerprint density at radius 1 is 1.36 bits per heavy atom. The van der Waals surface area contributed by atoms with Gasteiger partial charge in [-0.1, -0.05) is 5.16 Å². The number of nitrogens with zero attached hydrogens (tertiary/aromatic N) is 1. The van der Waals surface area contributed by atoms with Crippen molar-refractivity contribution in [3.05, 3.63) is 0 Å². The molecule has 0 aliphatic rings. The molecule has 1 amide bonds. The zero-order chi connectivity index (χ0) is 9.07. The van der Waals surface area contributed by atoms with E-state index in [2.05, 4.69) is 21.5 Å². The Balaban J connectivity index is 4.12. The average molecular weight is 171 g/mol. The minimum Gasteiger partial charge on any atom is -0.377 e. The minimum absolute atomic E-state index is 1.46. The Morgan fingerprint density at radius 3 is 2.09 bits per heavy atom. The van der Waals surface area contributed by atoms with Crippen molar-refractivity contribution in [3.8, 4) is 0 Å². The first-order chi connectivity index (χ1) is 4.84. The number of halogens is 3. The normalized spacial score (nSPS) is 12.8. The SMILES string of the molecule is NC(=O)ON=C(N)C(F)(F)F. The van der Waals surface area contributed by atoms with Crippen LogP contribution in [0.3, 0.4) is 0 Å². The van der Waals surface area contributed by atoms with E-state index >= 15 is 0 Å². The fraction of sp³-hybridized carbons (Fsp3) is 0.333. The van der Waals surface area contributed by atoms with Crippen LogP contribution >= 0.6 is 0 Å². The molecule has 4 N–H and O–H groups in total. The van der Waals surface area contributed by atoms with Crippen LogP contribution in [0.5, 0.6) is 0 Å². The summed E-state index contributed by atoms with van der Waals surface area (Å²) in [7, 11) is 0. The fourth-order valence-electron chi connectivity index (χ4n) is 0.146. The Kier molecular flexibility index (Phi) is 2.67. The first-order valence-electron chi connectivity index (χ1n) is 2.21. The quantitative estimate of drug-likeness (QED) is 0.250. The molecule has 0 aromatic heterocycles. The molecule has 0 unspecified atom stereocenters. The molecule has 0 spiro atoms. The summed E-state index contributed by atoms with van der Waals surface area (Å²) < 4.78 is 34.2. The lowest BCUT2D eigenvalue weighted by molar-refractivity contribution is -0.0620. The second kappa shape index (κ2) is 3.08. The summed E-state index contributed by atoms with van der Waals surface area (Å²) >= 11 is 0. The predicted molar refractivity (Wildman–Crippen MR) is 28.3 cm³/mol. The molecule has 0 saturated carbocycles. The van der Waals surface area contributed by atoms with Gasteiger partial charge in [0.25, 0.3) is 0 Å². The summed E-state index contributed by atoms with van der Waals surface area (Å²) in [5.41, 5.74) is 8.58. The number of amidine groups is 1. The van der Waals surface area contributed by atoms with Crippen LogP contribution < -0.4 is 11.5 Å². The third-order valence-corrected chi connectivity index (χ3v) is 0.524. The molecule has 8 heteroatoms. The molecule has 0 atom stereocenters. The van der Waals surface area contributed by atoms with Crippen molar-refractivity contribution < 1.29 is 22.8 Å². The Hall–Kier alpha value is -1.47. The van der Waals surface area contributed by atoms with Crippen LogP contribution in [0.1, 0.15) is 0 Å². The van der Waals surface area contributed by atoms with Gasteiger partial charge in [-0.3, -0.25) is 4.84 Å². The minimum atomic E-state index is -4.81. The van der Waals surface area contributed by atoms with Gasteiger partial charge >= 0.3 is 12.3 Å². The van der Waals surface area contributed by atoms with Crippen molar-refractivity contribution in [3.63, 3.8) is 0 Å². The smallest absolute Gasteiger partial charge is 0.377 e. The Labute approximate surface area is 58.8 Å². The second-order valence-corrected chi connectivity index (χ2v) is 1.38. The van der Waals surface area contributed by atoms with Gasteiger partial charge in [0, 0.05) is 0 Å². The lowest BCUT2D eigenvalue weighted by Crippen LogP contribution is -2.32. The van der Waals surface area contributed by atoms with Gasteiger partial charge in [-0.25, -0.2) is 4.79 Å². The van der Waals surface area contributed by atoms with Crippen molar-refractivity contribution in [1.82, 2.24) is 0 Å². The second-order valence-electron chi connectivity index (χ2n) is 1.38. The lowest BCUT2D eigenvalue weighted by Gasteiger charge is -2.02. The number of hydrogen-bond acceptors (Lipinski definition) is 3. The third kappa shape index (κ3) is 4.00. The first-order valence-corrected chi connectivity index (χ1v) is 2.21. The topological polar surface area (TPSA) is 90.7 Å². The number of alkyl halides is 3. The molecule has 11 heavy (non-hydrogen) atoms. The number of primary amides is 1. The Bertz CT molecular complexity index is 187. The van der Waals surface area contributed by atoms with Crippen molar-refractivity contribution in [2.24, 2.45) is 16.6 Å². The number of carbonyl (C=O) groups is 1. The fourth-order valence-corrected chi connectivity index (χ4v) is 0.146. The van der Waals surface area contributed by atoms with Crippen molar-refractivity contribution in [2.75, 3.05) is 0 Å². The van der Waals surface area contributed by atoms with Gasteiger partial charge in [0.15, 0.2) is 0 Å². The zero-order valence-corrected chi connectivity index (χ0v) is 5.05. The average Bonchev–Trinajstić information content (AvgIpc) is 1.80. The molecule has 0 rings (SSSR count). The van der Waals surface area contributed by atoms with Crippen LogP contribution in [0, 0.1) is 0 Å². The number of oxime groups is 1. The highest BCUT2D eigenvalue weighted by atomic mass is 19.4. The van der Waals surface area contributed by atoms with Gasteiger partial charge in [-0.05, 0) is 0 Å². The molecule has 0 saturated heterocycles. The van der Waals surface area contributed by atoms with Crippen LogP contribution in [0.2, 0.25) is 0 Å². The standard InChI is InChI=1S/C3H4F3N3O2/c4-3(5,6)1(7)9-11-2(8)10/h(H2,7,9)(H2,8,10). The highest BCUT2D eigenvalue weighted by molar-refractivity contribution is 5.85. The molecule has 0 radical (unpaired) electrons. The summed E-state index contributed by atoms with van der Waals surface area (Å²) in [6.45, 7) is 0. The van der Waals surface area contributed by atoms with Crippen LogP contribution in [-0.4, -0.2) is 18.1 Å². The van der Waals surface area contributed by atoms with E-state index in [9.17, 15) is 18.0 Å². The van der Waals surface area contributed by atoms with Crippen molar-refractivity contribution in [2.45, 2.75) is 6.18 Å². The third-order valence-electron chi connectivity index (χ3n) is 0.524. The maximum atomic E-state index is 11.4. The maximum Gasteiger partial charge on any atom is 0.452 e. The van der Waals surface area contributed by atoms with E-state index in [-0.39, 0.29) is 0 Å². The van der Waals surface area contributed by atoms with Gasteiger partial charge in [0.05, 0.1) is 0 Å². The van der Waals surface area contributed by atoms with E-state index in [0.29, 0.717) is 0 Å². The summed E-state index contributed by atoms with van der Waals surface area (Å²) in [6.07, 6.45) is -6.27. The molecule has 0 aromatic carbocycles. The number of nitrogens with two attached hydrogens (primary N) is 2. The molecule has 0 bridgehead atoms. The van der Waals surface area contributed by atoms with E-state index < -0.39 is 18.1 Å². The monoisotopic (exact) mass is 171 g/mol. The van der Waals surface area contributed by atoms with Crippen LogP contribution in [0.4, 0.5) is 18.0 Å². The van der Waals surface area contributed by atoms with E-state index in [0.717, 1.165) is 0 Å². The molecule has 0 heterocycles. The Morgan fingerprint density at radius 2 is 1.82 bits per heavy atom. The summed E-state index contributed by atoms with van der Waals surface area (Å²) in [5.74, 6) is -1.77. The number of rotatable bonds is 1. The van der Waals surface area contributed by atoms with E-state index in [4.69, 9.17) is 0 Å². The molecule has 64 valence electrons. The van der Waals surface area contributed by atoms with Crippen LogP contribution in [-0.2, 0) is 4.84 Å². The molecule has 0 aliphatic carbocycles. The molecular formula is C3H4F3N3O2. The zero-order valence-electron chi connectivity index (χ0n) is 5.05. The molecule has 0 aliphatic heterocycles. The molecule has 0 aromatic rings. The van der Waals surface area contributed by atoms with Gasteiger partial charge in [-0.2, -0.15) is 13.2 Å². The van der Waals surface area contributed by atoms with Gasteiger partial charge in [0.2, 0.25) is 5.84 Å². The summed E-state index contributed by atoms with van der Waals surface area (Å²) in [5, 5.41) is 2.19. The van der Waals surface area contributed by atoms with Crippen LogP contribution in [0.25, 0.3) is 0 Å². The first kappa shape index (κ1) is 9.53. The summed E-state index contributed by atoms with van der Waals surface area (Å²) in [6, 6.07) is 0. The van der Waals surface area contributed by atoms with E-state index in [1.165, 1.54) is 0 Å². The number of carbonyl (C=O) groups excluding carboxylic acids is 1. The number of hydrogen-bond donors (Lipinski definition) is 2. The largest absolute Gasteiger partial charge is 0.452 e. The van der Waals surface area contributed by atoms with Crippen molar-refractivity contribution in [1.29, 1.82) is 0 Å². The molecular weight excluding hydrogens is 167 g/mol. The van der Waals surface area contributed by atoms with Gasteiger partial charge < -0.3 is 11.5 Å². The highest BCUT2D eigenvalue weighted by Crippen LogP contribution is 2.13. The predicted octanol–water partition coefficient (Wildman–Crippen LogP) is -0.0838. The van der Waals surface area contributed by atoms with Gasteiger partial charge in [0.1, 0.15) is 0 Å². The van der Waals surface area contributed by atoms with Crippen LogP contribution in [0.15, 0.2) is 5.16 Å². The maximum absolute atomic E-state index is 11.4. The summed E-state index contributed by atoms with van der Waals surface area (Å²) in [4.78, 5) is 13.1. The van der Waals surface area contributed by atoms with Gasteiger partial charge in [-0.15, -0.1) is 0 Å². The van der Waals surface area contributed by atoms with E-state index in [1.54, 1.807) is 0 Å². The molecule has 0 fully saturated rings. The lowest BCUT2D eigenvalue weighted by atomic mass is 10.6. The highest BCUT2D eigenvalue weighted by Gasteiger charge is 2.34. The van der Waals surface area contributed by atoms with Crippen molar-refractivity contribution >= 4 is 11.9 Å². The molecule has 5 nitrogen and oxygen atoms in total. The van der Waals surface area contributed by atoms with E-state index in [1.807, 2.05) is 0 Å². The number of amides is 1.